The fourth-order valence-electron chi connectivity index (χ4n) is 2.61. The summed E-state index contributed by atoms with van der Waals surface area (Å²) in [5, 5.41) is 12.4. The molecule has 23 heavy (non-hydrogen) atoms. The molecular formula is C17H18F3NOS. The lowest BCUT2D eigenvalue weighted by Crippen LogP contribution is -2.30. The summed E-state index contributed by atoms with van der Waals surface area (Å²) in [5.41, 5.74) is -0.166. The minimum absolute atomic E-state index is 0.438. The number of benzene rings is 1. The topological polar surface area (TPSA) is 23.5 Å². The average molecular weight is 341 g/mol. The van der Waals surface area contributed by atoms with Crippen LogP contribution in [0.3, 0.4) is 0 Å². The van der Waals surface area contributed by atoms with Gasteiger partial charge in [-0.2, -0.15) is 13.2 Å². The molecule has 0 bridgehead atoms. The van der Waals surface area contributed by atoms with Crippen LogP contribution in [0.2, 0.25) is 0 Å². The normalized spacial score (nSPS) is 16.7. The van der Waals surface area contributed by atoms with Gasteiger partial charge in [0.2, 0.25) is 0 Å². The molecule has 124 valence electrons. The predicted octanol–water partition coefficient (Wildman–Crippen LogP) is 4.46. The van der Waals surface area contributed by atoms with Crippen LogP contribution >= 0.6 is 11.3 Å². The van der Waals surface area contributed by atoms with Gasteiger partial charge in [-0.1, -0.05) is 18.2 Å². The number of rotatable bonds is 6. The molecule has 1 aromatic heterocycles. The van der Waals surface area contributed by atoms with Crippen LogP contribution in [0.15, 0.2) is 41.8 Å². The molecule has 1 saturated carbocycles. The summed E-state index contributed by atoms with van der Waals surface area (Å²) in [6, 6.07) is 9.31. The smallest absolute Gasteiger partial charge is 0.387 e. The van der Waals surface area contributed by atoms with Crippen LogP contribution in [-0.2, 0) is 12.7 Å². The average Bonchev–Trinajstić information content (AvgIpc) is 3.24. The molecule has 3 rings (SSSR count). The fourth-order valence-corrected chi connectivity index (χ4v) is 3.34. The molecule has 2 nitrogen and oxygen atoms in total. The number of hydrogen-bond acceptors (Lipinski definition) is 3. The van der Waals surface area contributed by atoms with E-state index in [1.165, 1.54) is 17.0 Å². The Bertz CT molecular complexity index is 620. The monoisotopic (exact) mass is 341 g/mol. The number of nitrogens with zero attached hydrogens (tertiary/aromatic N) is 1. The molecule has 1 heterocycles. The van der Waals surface area contributed by atoms with Gasteiger partial charge < -0.3 is 5.11 Å². The molecule has 0 spiro atoms. The van der Waals surface area contributed by atoms with Crippen molar-refractivity contribution in [2.75, 3.05) is 6.54 Å². The zero-order valence-corrected chi connectivity index (χ0v) is 13.3. The maximum absolute atomic E-state index is 12.6. The van der Waals surface area contributed by atoms with Gasteiger partial charge in [0, 0.05) is 24.0 Å². The van der Waals surface area contributed by atoms with Gasteiger partial charge in [-0.25, -0.2) is 0 Å². The molecule has 1 aliphatic carbocycles. The van der Waals surface area contributed by atoms with Gasteiger partial charge in [0.15, 0.2) is 0 Å². The Morgan fingerprint density at radius 1 is 1.17 bits per heavy atom. The number of alkyl halides is 3. The second-order valence-corrected chi connectivity index (χ2v) is 6.91. The van der Waals surface area contributed by atoms with E-state index >= 15 is 0 Å². The van der Waals surface area contributed by atoms with Crippen molar-refractivity contribution in [2.24, 2.45) is 0 Å². The lowest BCUT2D eigenvalue weighted by atomic mass is 10.1. The summed E-state index contributed by atoms with van der Waals surface area (Å²) in [6.07, 6.45) is -2.89. The van der Waals surface area contributed by atoms with Crippen molar-refractivity contribution in [1.82, 2.24) is 4.90 Å². The summed E-state index contributed by atoms with van der Waals surface area (Å²) >= 11 is 1.68. The Hall–Kier alpha value is -1.37. The molecule has 6 heteroatoms. The van der Waals surface area contributed by atoms with E-state index in [4.69, 9.17) is 0 Å². The highest BCUT2D eigenvalue weighted by Crippen LogP contribution is 2.32. The number of aliphatic hydroxyl groups excluding tert-OH is 1. The van der Waals surface area contributed by atoms with E-state index < -0.39 is 17.8 Å². The van der Waals surface area contributed by atoms with Crippen molar-refractivity contribution in [2.45, 2.75) is 37.7 Å². The van der Waals surface area contributed by atoms with Gasteiger partial charge in [0.05, 0.1) is 11.7 Å². The fraction of sp³-hybridized carbons (Fsp3) is 0.412. The van der Waals surface area contributed by atoms with Crippen LogP contribution in [-0.4, -0.2) is 22.6 Å². The van der Waals surface area contributed by atoms with Crippen molar-refractivity contribution in [3.05, 3.63) is 57.8 Å². The van der Waals surface area contributed by atoms with E-state index in [1.54, 1.807) is 11.3 Å². The van der Waals surface area contributed by atoms with Crippen LogP contribution in [0.4, 0.5) is 13.2 Å². The first-order chi connectivity index (χ1) is 10.9. The van der Waals surface area contributed by atoms with Crippen molar-refractivity contribution in [1.29, 1.82) is 0 Å². The third-order valence-electron chi connectivity index (χ3n) is 4.03. The molecule has 0 aliphatic heterocycles. The number of aliphatic hydroxyl groups is 1. The molecule has 1 aliphatic rings. The predicted molar refractivity (Wildman–Crippen MR) is 84.2 cm³/mol. The molecular weight excluding hydrogens is 323 g/mol. The summed E-state index contributed by atoms with van der Waals surface area (Å²) in [6.45, 7) is 1.22. The van der Waals surface area contributed by atoms with Crippen LogP contribution in [0.5, 0.6) is 0 Å². The molecule has 0 saturated heterocycles. The number of halogens is 3. The summed E-state index contributed by atoms with van der Waals surface area (Å²) in [5.74, 6) is 0. The van der Waals surface area contributed by atoms with Crippen LogP contribution < -0.4 is 0 Å². The van der Waals surface area contributed by atoms with E-state index in [9.17, 15) is 18.3 Å². The third kappa shape index (κ3) is 4.34. The van der Waals surface area contributed by atoms with Crippen LogP contribution in [0, 0.1) is 0 Å². The molecule has 2 aromatic rings. The van der Waals surface area contributed by atoms with E-state index in [2.05, 4.69) is 11.0 Å². The Kier molecular flexibility index (Phi) is 4.75. The van der Waals surface area contributed by atoms with Crippen LogP contribution in [0.25, 0.3) is 0 Å². The molecule has 1 fully saturated rings. The lowest BCUT2D eigenvalue weighted by molar-refractivity contribution is -0.137. The molecule has 0 unspecified atom stereocenters. The standard InChI is InChI=1S/C17H18F3NOS/c18-17(19,20)13-5-3-12(4-6-13)16(22)11-21(14-7-8-14)10-15-2-1-9-23-15/h1-6,9,14,16,22H,7-8,10-11H2/t16-/m1/s1. The maximum Gasteiger partial charge on any atom is 0.416 e. The highest BCUT2D eigenvalue weighted by molar-refractivity contribution is 7.09. The largest absolute Gasteiger partial charge is 0.416 e. The second kappa shape index (κ2) is 6.63. The van der Waals surface area contributed by atoms with Crippen LogP contribution in [0.1, 0.15) is 34.9 Å². The summed E-state index contributed by atoms with van der Waals surface area (Å²) < 4.78 is 37.8. The quantitative estimate of drug-likeness (QED) is 0.838. The zero-order chi connectivity index (χ0) is 16.4. The van der Waals surface area contributed by atoms with E-state index in [-0.39, 0.29) is 0 Å². The molecule has 1 atom stereocenters. The van der Waals surface area contributed by atoms with Crippen molar-refractivity contribution >= 4 is 11.3 Å². The Morgan fingerprint density at radius 2 is 1.87 bits per heavy atom. The maximum atomic E-state index is 12.6. The van der Waals surface area contributed by atoms with Crippen molar-refractivity contribution in [3.63, 3.8) is 0 Å². The minimum atomic E-state index is -4.34. The highest BCUT2D eigenvalue weighted by Gasteiger charge is 2.32. The van der Waals surface area contributed by atoms with Crippen molar-refractivity contribution < 1.29 is 18.3 Å². The highest BCUT2D eigenvalue weighted by atomic mass is 32.1. The van der Waals surface area contributed by atoms with Gasteiger partial charge in [-0.05, 0) is 42.0 Å². The summed E-state index contributed by atoms with van der Waals surface area (Å²) in [7, 11) is 0. The van der Waals surface area contributed by atoms with E-state index in [0.717, 1.165) is 31.5 Å². The molecule has 1 aromatic carbocycles. The SMILES string of the molecule is O[C@H](CN(Cc1cccs1)C1CC1)c1ccc(C(F)(F)F)cc1. The number of thiophene rings is 1. The van der Waals surface area contributed by atoms with Gasteiger partial charge in [0.25, 0.3) is 0 Å². The van der Waals surface area contributed by atoms with E-state index in [1.807, 2.05) is 11.4 Å². The minimum Gasteiger partial charge on any atom is -0.387 e. The zero-order valence-electron chi connectivity index (χ0n) is 12.5. The second-order valence-electron chi connectivity index (χ2n) is 5.88. The van der Waals surface area contributed by atoms with Crippen molar-refractivity contribution in [3.8, 4) is 0 Å². The van der Waals surface area contributed by atoms with Gasteiger partial charge in [0.1, 0.15) is 0 Å². The molecule has 0 amide bonds. The molecule has 0 radical (unpaired) electrons. The first kappa shape index (κ1) is 16.5. The number of hydrogen-bond donors (Lipinski definition) is 1. The van der Waals surface area contributed by atoms with Gasteiger partial charge >= 0.3 is 6.18 Å². The van der Waals surface area contributed by atoms with E-state index in [0.29, 0.717) is 18.2 Å². The Balaban J connectivity index is 1.65. The molecule has 1 N–H and O–H groups in total. The lowest BCUT2D eigenvalue weighted by Gasteiger charge is -2.24. The first-order valence-electron chi connectivity index (χ1n) is 7.55. The van der Waals surface area contributed by atoms with Gasteiger partial charge in [-0.3, -0.25) is 4.90 Å². The summed E-state index contributed by atoms with van der Waals surface area (Å²) in [4.78, 5) is 3.45. The first-order valence-corrected chi connectivity index (χ1v) is 8.43. The van der Waals surface area contributed by atoms with Gasteiger partial charge in [-0.15, -0.1) is 11.3 Å². The Morgan fingerprint density at radius 3 is 2.39 bits per heavy atom. The third-order valence-corrected chi connectivity index (χ3v) is 4.89. The Labute approximate surface area is 137 Å².